The van der Waals surface area contributed by atoms with Crippen LogP contribution in [0.3, 0.4) is 0 Å². The first kappa shape index (κ1) is 17.3. The molecule has 0 N–H and O–H groups in total. The average Bonchev–Trinajstić information content (AvgIpc) is 2.55. The number of para-hydroxylation sites is 2. The van der Waals surface area contributed by atoms with Crippen LogP contribution in [0.5, 0.6) is 0 Å². The Bertz CT molecular complexity index is 984. The van der Waals surface area contributed by atoms with Crippen LogP contribution in [0.2, 0.25) is 0 Å². The van der Waals surface area contributed by atoms with Crippen LogP contribution in [0.25, 0.3) is 11.4 Å². The molecule has 0 unspecified atom stereocenters. The summed E-state index contributed by atoms with van der Waals surface area (Å²) >= 11 is 1.50. The van der Waals surface area contributed by atoms with E-state index in [4.69, 9.17) is 0 Å². The van der Waals surface area contributed by atoms with E-state index in [1.165, 1.54) is 22.4 Å². The molecular formula is C20H20N2O2S. The van der Waals surface area contributed by atoms with Gasteiger partial charge in [0, 0.05) is 10.8 Å². The summed E-state index contributed by atoms with van der Waals surface area (Å²) < 4.78 is 2.68. The van der Waals surface area contributed by atoms with Gasteiger partial charge in [-0.3, -0.25) is 9.36 Å². The molecule has 3 rings (SSSR count). The third kappa shape index (κ3) is 3.77. The maximum Gasteiger partial charge on any atom is 0.341 e. The van der Waals surface area contributed by atoms with Crippen molar-refractivity contribution >= 4 is 11.8 Å². The highest BCUT2D eigenvalue weighted by atomic mass is 32.2. The Balaban J connectivity index is 2.33. The van der Waals surface area contributed by atoms with E-state index in [1.54, 1.807) is 16.7 Å². The lowest BCUT2D eigenvalue weighted by atomic mass is 10.3. The van der Waals surface area contributed by atoms with Gasteiger partial charge in [0.15, 0.2) is 0 Å². The highest BCUT2D eigenvalue weighted by Gasteiger charge is 2.20. The molecule has 0 spiro atoms. The number of rotatable bonds is 3. The van der Waals surface area contributed by atoms with Gasteiger partial charge < -0.3 is 0 Å². The minimum absolute atomic E-state index is 0.131. The molecule has 0 aliphatic rings. The first-order valence-electron chi connectivity index (χ1n) is 8.06. The van der Waals surface area contributed by atoms with E-state index >= 15 is 0 Å². The van der Waals surface area contributed by atoms with Crippen molar-refractivity contribution in [3.05, 3.63) is 87.6 Å². The monoisotopic (exact) mass is 352 g/mol. The average molecular weight is 352 g/mol. The summed E-state index contributed by atoms with van der Waals surface area (Å²) in [5.41, 5.74) is 0.616. The molecule has 5 heteroatoms. The number of hydrogen-bond acceptors (Lipinski definition) is 3. The third-order valence-corrected chi connectivity index (χ3v) is 4.63. The molecular weight excluding hydrogens is 332 g/mol. The second kappa shape index (κ2) is 6.76. The number of nitrogens with zero attached hydrogens (tertiary/aromatic N) is 2. The van der Waals surface area contributed by atoms with Crippen molar-refractivity contribution in [1.82, 2.24) is 9.13 Å². The second-order valence-electron chi connectivity index (χ2n) is 6.66. The van der Waals surface area contributed by atoms with Gasteiger partial charge >= 0.3 is 5.69 Å². The first-order chi connectivity index (χ1) is 11.9. The Kier molecular flexibility index (Phi) is 4.68. The predicted molar refractivity (Wildman–Crippen MR) is 103 cm³/mol. The highest BCUT2D eigenvalue weighted by molar-refractivity contribution is 8.00. The summed E-state index contributed by atoms with van der Waals surface area (Å²) in [6, 6.07) is 19.9. The van der Waals surface area contributed by atoms with Crippen molar-refractivity contribution in [2.75, 3.05) is 0 Å². The molecule has 0 aliphatic heterocycles. The smallest absolute Gasteiger partial charge is 0.269 e. The van der Waals surface area contributed by atoms with Crippen LogP contribution in [0.1, 0.15) is 20.8 Å². The van der Waals surface area contributed by atoms with Crippen molar-refractivity contribution in [3.8, 4) is 11.4 Å². The number of benzene rings is 2. The summed E-state index contributed by atoms with van der Waals surface area (Å²) in [6.45, 7) is 6.17. The molecule has 0 bridgehead atoms. The SMILES string of the molecule is CC(C)(C)Sc1cc(=O)n(-c2ccccc2)c(=O)n1-c1ccccc1. The molecule has 25 heavy (non-hydrogen) atoms. The van der Waals surface area contributed by atoms with E-state index in [-0.39, 0.29) is 16.0 Å². The maximum atomic E-state index is 13.2. The topological polar surface area (TPSA) is 44.0 Å². The van der Waals surface area contributed by atoms with E-state index in [0.717, 1.165) is 5.69 Å². The van der Waals surface area contributed by atoms with Gasteiger partial charge in [-0.05, 0) is 24.3 Å². The van der Waals surface area contributed by atoms with Gasteiger partial charge in [0.1, 0.15) is 0 Å². The minimum atomic E-state index is -0.364. The Morgan fingerprint density at radius 2 is 1.24 bits per heavy atom. The molecule has 0 amide bonds. The van der Waals surface area contributed by atoms with Gasteiger partial charge in [-0.1, -0.05) is 57.2 Å². The van der Waals surface area contributed by atoms with Gasteiger partial charge in [0.2, 0.25) is 0 Å². The Labute approximate surface area is 150 Å². The van der Waals surface area contributed by atoms with E-state index in [2.05, 4.69) is 20.8 Å². The van der Waals surface area contributed by atoms with Crippen LogP contribution < -0.4 is 11.2 Å². The number of thioether (sulfide) groups is 1. The zero-order valence-electron chi connectivity index (χ0n) is 14.5. The number of aromatic nitrogens is 2. The third-order valence-electron chi connectivity index (χ3n) is 3.51. The van der Waals surface area contributed by atoms with Gasteiger partial charge in [-0.25, -0.2) is 9.36 Å². The predicted octanol–water partition coefficient (Wildman–Crippen LogP) is 3.88. The summed E-state index contributed by atoms with van der Waals surface area (Å²) in [4.78, 5) is 25.9. The standard InChI is InChI=1S/C20H20N2O2S/c1-20(2,3)25-18-14-17(23)21(15-10-6-4-7-11-15)19(24)22(18)16-12-8-5-9-13-16/h4-14H,1-3H3. The zero-order chi connectivity index (χ0) is 18.0. The van der Waals surface area contributed by atoms with Crippen molar-refractivity contribution in [3.63, 3.8) is 0 Å². The normalized spacial score (nSPS) is 11.5. The molecule has 1 heterocycles. The first-order valence-corrected chi connectivity index (χ1v) is 8.87. The Morgan fingerprint density at radius 1 is 0.760 bits per heavy atom. The van der Waals surface area contributed by atoms with E-state index in [1.807, 2.05) is 48.5 Å². The quantitative estimate of drug-likeness (QED) is 0.531. The van der Waals surface area contributed by atoms with E-state index in [0.29, 0.717) is 10.7 Å². The minimum Gasteiger partial charge on any atom is -0.269 e. The summed E-state index contributed by atoms with van der Waals surface area (Å²) in [5, 5.41) is 0.640. The van der Waals surface area contributed by atoms with Crippen LogP contribution in [-0.2, 0) is 0 Å². The zero-order valence-corrected chi connectivity index (χ0v) is 15.3. The van der Waals surface area contributed by atoms with Crippen molar-refractivity contribution in [1.29, 1.82) is 0 Å². The fourth-order valence-electron chi connectivity index (χ4n) is 2.54. The second-order valence-corrected chi connectivity index (χ2v) is 8.51. The van der Waals surface area contributed by atoms with Crippen LogP contribution in [0.4, 0.5) is 0 Å². The van der Waals surface area contributed by atoms with Gasteiger partial charge in [-0.2, -0.15) is 0 Å². The van der Waals surface area contributed by atoms with Gasteiger partial charge in [0.05, 0.1) is 16.4 Å². The maximum absolute atomic E-state index is 13.2. The molecule has 4 nitrogen and oxygen atoms in total. The van der Waals surface area contributed by atoms with Crippen molar-refractivity contribution in [2.24, 2.45) is 0 Å². The molecule has 1 aromatic heterocycles. The molecule has 0 saturated carbocycles. The van der Waals surface area contributed by atoms with Crippen LogP contribution in [0.15, 0.2) is 81.3 Å². The van der Waals surface area contributed by atoms with E-state index in [9.17, 15) is 9.59 Å². The van der Waals surface area contributed by atoms with E-state index < -0.39 is 0 Å². The molecule has 0 fully saturated rings. The summed E-state index contributed by atoms with van der Waals surface area (Å²) in [7, 11) is 0. The van der Waals surface area contributed by atoms with Crippen LogP contribution >= 0.6 is 11.8 Å². The number of hydrogen-bond donors (Lipinski definition) is 0. The molecule has 0 radical (unpaired) electrons. The molecule has 0 aliphatic carbocycles. The lowest BCUT2D eigenvalue weighted by Crippen LogP contribution is -2.38. The van der Waals surface area contributed by atoms with Crippen LogP contribution in [0, 0.1) is 0 Å². The Hall–Kier alpha value is -2.53. The summed E-state index contributed by atoms with van der Waals surface area (Å²) in [5.74, 6) is 0. The molecule has 2 aromatic carbocycles. The summed E-state index contributed by atoms with van der Waals surface area (Å²) in [6.07, 6.45) is 0. The molecule has 3 aromatic rings. The van der Waals surface area contributed by atoms with Crippen molar-refractivity contribution < 1.29 is 0 Å². The largest absolute Gasteiger partial charge is 0.341 e. The van der Waals surface area contributed by atoms with Crippen LogP contribution in [-0.4, -0.2) is 13.9 Å². The molecule has 0 atom stereocenters. The Morgan fingerprint density at radius 3 is 1.72 bits per heavy atom. The van der Waals surface area contributed by atoms with Gasteiger partial charge in [-0.15, -0.1) is 11.8 Å². The lowest BCUT2D eigenvalue weighted by Gasteiger charge is -2.21. The fraction of sp³-hybridized carbons (Fsp3) is 0.200. The lowest BCUT2D eigenvalue weighted by molar-refractivity contribution is 0.729. The molecule has 128 valence electrons. The highest BCUT2D eigenvalue weighted by Crippen LogP contribution is 2.31. The van der Waals surface area contributed by atoms with Crippen molar-refractivity contribution in [2.45, 2.75) is 30.5 Å². The molecule has 0 saturated heterocycles. The van der Waals surface area contributed by atoms with Gasteiger partial charge in [0.25, 0.3) is 5.56 Å². The fourth-order valence-corrected chi connectivity index (χ4v) is 3.60.